The number of aryl methyl sites for hydroxylation is 2. The molecule has 1 aliphatic rings. The Bertz CT molecular complexity index is 1360. The third-order valence-corrected chi connectivity index (χ3v) is 6.69. The van der Waals surface area contributed by atoms with E-state index >= 15 is 0 Å². The van der Waals surface area contributed by atoms with Crippen LogP contribution in [0.5, 0.6) is 5.75 Å². The van der Waals surface area contributed by atoms with Gasteiger partial charge in [-0.15, -0.1) is 0 Å². The fourth-order valence-corrected chi connectivity index (χ4v) is 5.14. The Labute approximate surface area is 207 Å². The molecule has 4 rings (SSSR count). The molecule has 0 spiro atoms. The zero-order valence-corrected chi connectivity index (χ0v) is 20.4. The summed E-state index contributed by atoms with van der Waals surface area (Å²) in [7, 11) is -3.21. The summed E-state index contributed by atoms with van der Waals surface area (Å²) in [6.45, 7) is 2.16. The van der Waals surface area contributed by atoms with E-state index in [9.17, 15) is 22.4 Å². The van der Waals surface area contributed by atoms with Crippen LogP contribution in [0.4, 0.5) is 10.1 Å². The lowest BCUT2D eigenvalue weighted by Gasteiger charge is -2.39. The van der Waals surface area contributed by atoms with Gasteiger partial charge in [-0.25, -0.2) is 17.6 Å². The number of aliphatic carboxylic acids is 1. The van der Waals surface area contributed by atoms with Gasteiger partial charge in [0.05, 0.1) is 6.04 Å². The number of carbonyl (C=O) groups excluding carboxylic acids is 1. The Morgan fingerprint density at radius 3 is 2.64 bits per heavy atom. The lowest BCUT2D eigenvalue weighted by Crippen LogP contribution is -2.45. The topological polar surface area (TPSA) is 130 Å². The minimum atomic E-state index is -3.21. The highest BCUT2D eigenvalue weighted by molar-refractivity contribution is 7.74. The van der Waals surface area contributed by atoms with Crippen molar-refractivity contribution in [2.24, 2.45) is 0 Å². The molecule has 1 atom stereocenters. The number of hydrogen-bond donors (Lipinski definition) is 2. The summed E-state index contributed by atoms with van der Waals surface area (Å²) in [6, 6.07) is 10.1. The average Bonchev–Trinajstić information content (AvgIpc) is 3.18. The highest BCUT2D eigenvalue weighted by atomic mass is 32.2. The molecule has 2 aromatic carbocycles. The number of halogens is 1. The molecule has 2 heterocycles. The number of carbonyl (C=O) groups is 2. The second-order valence-electron chi connectivity index (χ2n) is 8.27. The van der Waals surface area contributed by atoms with Gasteiger partial charge in [0.15, 0.2) is 12.4 Å². The summed E-state index contributed by atoms with van der Waals surface area (Å²) >= 11 is 0. The predicted octanol–water partition coefficient (Wildman–Crippen LogP) is 2.40. The number of rotatable bonds is 8. The molecule has 1 aromatic heterocycles. The maximum atomic E-state index is 14.4. The van der Waals surface area contributed by atoms with E-state index < -0.39 is 47.8 Å². The molecule has 190 valence electrons. The number of carboxylic acids is 1. The van der Waals surface area contributed by atoms with Crippen molar-refractivity contribution in [2.45, 2.75) is 26.3 Å². The molecule has 1 N–H and O–H groups in total. The van der Waals surface area contributed by atoms with Gasteiger partial charge in [-0.3, -0.25) is 9.10 Å². The fourth-order valence-electron chi connectivity index (χ4n) is 4.46. The number of nitrogens with zero attached hydrogens (tertiary/aromatic N) is 3. The third-order valence-electron chi connectivity index (χ3n) is 5.96. The van der Waals surface area contributed by atoms with E-state index in [4.69, 9.17) is 14.4 Å². The molecule has 36 heavy (non-hydrogen) atoms. The van der Waals surface area contributed by atoms with Crippen LogP contribution < -0.4 is 9.04 Å². The quantitative estimate of drug-likeness (QED) is 0.436. The summed E-state index contributed by atoms with van der Waals surface area (Å²) in [5.74, 6) is -1.99. The number of hydrogen-bond acceptors (Lipinski definition) is 7. The van der Waals surface area contributed by atoms with Gasteiger partial charge >= 0.3 is 5.97 Å². The van der Waals surface area contributed by atoms with Crippen molar-refractivity contribution < 1.29 is 36.8 Å². The number of carboxylic acid groups (broad SMARTS) is 1. The van der Waals surface area contributed by atoms with E-state index in [0.717, 1.165) is 15.9 Å². The van der Waals surface area contributed by atoms with E-state index in [1.54, 1.807) is 26.0 Å². The molecular formula is C24H24FN3O7S. The molecule has 0 radical (unpaired) electrons. The van der Waals surface area contributed by atoms with Crippen LogP contribution in [0, 0.1) is 19.7 Å². The summed E-state index contributed by atoms with van der Waals surface area (Å²) in [4.78, 5) is 26.2. The number of amides is 1. The minimum Gasteiger partial charge on any atom is -0.482 e. The van der Waals surface area contributed by atoms with Crippen LogP contribution >= 0.6 is 0 Å². The van der Waals surface area contributed by atoms with E-state index in [-0.39, 0.29) is 29.3 Å². The second-order valence-corrected chi connectivity index (χ2v) is 9.23. The average molecular weight is 518 g/mol. The van der Waals surface area contributed by atoms with Crippen molar-refractivity contribution in [2.75, 3.05) is 24.0 Å². The Morgan fingerprint density at radius 1 is 1.22 bits per heavy atom. The van der Waals surface area contributed by atoms with Crippen LogP contribution in [0.1, 0.15) is 34.2 Å². The van der Waals surface area contributed by atoms with E-state index in [1.165, 1.54) is 17.0 Å². The van der Waals surface area contributed by atoms with Gasteiger partial charge in [0.1, 0.15) is 29.5 Å². The van der Waals surface area contributed by atoms with Crippen LogP contribution in [0.15, 0.2) is 47.0 Å². The number of benzene rings is 2. The Morgan fingerprint density at radius 2 is 1.97 bits per heavy atom. The van der Waals surface area contributed by atoms with Crippen molar-refractivity contribution in [3.63, 3.8) is 0 Å². The Kier molecular flexibility index (Phi) is 7.25. The second kappa shape index (κ2) is 10.4. The van der Waals surface area contributed by atoms with Crippen LogP contribution in [0.25, 0.3) is 0 Å². The molecule has 0 bridgehead atoms. The first-order valence-electron chi connectivity index (χ1n) is 11.0. The first-order valence-corrected chi connectivity index (χ1v) is 12.2. The highest BCUT2D eigenvalue weighted by Gasteiger charge is 2.35. The molecule has 0 saturated carbocycles. The highest BCUT2D eigenvalue weighted by Crippen LogP contribution is 2.40. The van der Waals surface area contributed by atoms with Gasteiger partial charge in [-0.1, -0.05) is 29.4 Å². The molecule has 3 aromatic rings. The SMILES string of the molecule is Cc1noc(C)c1N(CC(=O)N1CCc2ccccc2C1c1cc(F)ccc1OCC(=O)O)[SH](=O)=O. The van der Waals surface area contributed by atoms with Crippen LogP contribution in [-0.4, -0.2) is 55.2 Å². The lowest BCUT2D eigenvalue weighted by atomic mass is 9.87. The van der Waals surface area contributed by atoms with Crippen molar-refractivity contribution in [1.29, 1.82) is 0 Å². The minimum absolute atomic E-state index is 0.107. The van der Waals surface area contributed by atoms with E-state index in [2.05, 4.69) is 5.16 Å². The molecule has 1 amide bonds. The Balaban J connectivity index is 1.77. The fraction of sp³-hybridized carbons (Fsp3) is 0.292. The first-order chi connectivity index (χ1) is 17.2. The maximum absolute atomic E-state index is 14.4. The molecular weight excluding hydrogens is 493 g/mol. The molecule has 0 aliphatic carbocycles. The van der Waals surface area contributed by atoms with Crippen molar-refractivity contribution in [3.8, 4) is 5.75 Å². The van der Waals surface area contributed by atoms with Crippen molar-refractivity contribution in [3.05, 3.63) is 76.4 Å². The van der Waals surface area contributed by atoms with Crippen molar-refractivity contribution >= 4 is 28.5 Å². The number of ether oxygens (including phenoxy) is 1. The van der Waals surface area contributed by atoms with E-state index in [1.807, 2.05) is 12.1 Å². The lowest BCUT2D eigenvalue weighted by molar-refractivity contribution is -0.139. The number of fused-ring (bicyclic) bond motifs is 1. The predicted molar refractivity (Wildman–Crippen MR) is 127 cm³/mol. The standard InChI is InChI=1S/C24H24FN3O7S/c1-14-23(15(2)35-26-14)28(36(32)33)12-21(29)27-10-9-16-5-3-4-6-18(16)24(27)19-11-17(25)7-8-20(19)34-13-22(30)31/h3-8,11,24,36H,9-10,12-13H2,1-2H3,(H,30,31). The van der Waals surface area contributed by atoms with Crippen LogP contribution in [-0.2, 0) is 26.9 Å². The zero-order chi connectivity index (χ0) is 26.0. The normalized spacial score (nSPS) is 15.0. The van der Waals surface area contributed by atoms with Crippen LogP contribution in [0.2, 0.25) is 0 Å². The van der Waals surface area contributed by atoms with Gasteiger partial charge in [-0.2, -0.15) is 0 Å². The van der Waals surface area contributed by atoms with Gasteiger partial charge in [0.25, 0.3) is 0 Å². The van der Waals surface area contributed by atoms with Crippen LogP contribution in [0.3, 0.4) is 0 Å². The molecule has 10 nitrogen and oxygen atoms in total. The molecule has 12 heteroatoms. The molecule has 0 saturated heterocycles. The summed E-state index contributed by atoms with van der Waals surface area (Å²) in [5, 5.41) is 12.8. The summed E-state index contributed by atoms with van der Waals surface area (Å²) in [5.41, 5.74) is 2.39. The molecule has 0 fully saturated rings. The van der Waals surface area contributed by atoms with Gasteiger partial charge < -0.3 is 19.3 Å². The number of thiol groups is 1. The third kappa shape index (κ3) is 5.03. The monoisotopic (exact) mass is 517 g/mol. The van der Waals surface area contributed by atoms with Crippen molar-refractivity contribution in [1.82, 2.24) is 10.1 Å². The van der Waals surface area contributed by atoms with Gasteiger partial charge in [-0.05, 0) is 49.6 Å². The Hall–Kier alpha value is -3.93. The smallest absolute Gasteiger partial charge is 0.341 e. The largest absolute Gasteiger partial charge is 0.482 e. The van der Waals surface area contributed by atoms with Gasteiger partial charge in [0, 0.05) is 12.1 Å². The summed E-state index contributed by atoms with van der Waals surface area (Å²) < 4.78 is 50.1. The summed E-state index contributed by atoms with van der Waals surface area (Å²) in [6.07, 6.45) is 0.494. The molecule has 1 aliphatic heterocycles. The maximum Gasteiger partial charge on any atom is 0.341 e. The number of aromatic nitrogens is 1. The van der Waals surface area contributed by atoms with Gasteiger partial charge in [0.2, 0.25) is 16.8 Å². The number of anilines is 1. The zero-order valence-electron chi connectivity index (χ0n) is 19.5. The molecule has 1 unspecified atom stereocenters. The first kappa shape index (κ1) is 25.2. The van der Waals surface area contributed by atoms with E-state index in [0.29, 0.717) is 17.7 Å².